The van der Waals surface area contributed by atoms with Gasteiger partial charge in [-0.15, -0.1) is 0 Å². The van der Waals surface area contributed by atoms with E-state index < -0.39 is 0 Å². The van der Waals surface area contributed by atoms with Crippen LogP contribution in [0.4, 0.5) is 0 Å². The van der Waals surface area contributed by atoms with Crippen LogP contribution in [0.3, 0.4) is 0 Å². The molecule has 0 aliphatic heterocycles. The molecular weight excluding hydrogens is 164 g/mol. The zero-order valence-corrected chi connectivity index (χ0v) is 8.20. The molecule has 0 unspecified atom stereocenters. The van der Waals surface area contributed by atoms with Crippen LogP contribution in [0.15, 0.2) is 22.8 Å². The summed E-state index contributed by atoms with van der Waals surface area (Å²) in [6.45, 7) is 5.77. The number of furan rings is 1. The lowest BCUT2D eigenvalue weighted by Crippen LogP contribution is -2.29. The Kier molecular flexibility index (Phi) is 4.57. The lowest BCUT2D eigenvalue weighted by atomic mass is 10.3. The molecule has 0 bridgehead atoms. The van der Waals surface area contributed by atoms with E-state index in [1.54, 1.807) is 6.26 Å². The maximum absolute atomic E-state index is 5.52. The van der Waals surface area contributed by atoms with Crippen LogP contribution in [0.2, 0.25) is 0 Å². The van der Waals surface area contributed by atoms with E-state index in [2.05, 4.69) is 11.8 Å². The fourth-order valence-electron chi connectivity index (χ4n) is 1.39. The number of hydrogen-bond donors (Lipinski definition) is 1. The van der Waals surface area contributed by atoms with Crippen LogP contribution >= 0.6 is 0 Å². The van der Waals surface area contributed by atoms with Gasteiger partial charge >= 0.3 is 0 Å². The van der Waals surface area contributed by atoms with Crippen LogP contribution < -0.4 is 5.73 Å². The fraction of sp³-hybridized carbons (Fsp3) is 0.600. The van der Waals surface area contributed by atoms with Gasteiger partial charge < -0.3 is 10.2 Å². The van der Waals surface area contributed by atoms with Gasteiger partial charge in [0.25, 0.3) is 0 Å². The van der Waals surface area contributed by atoms with Crippen molar-refractivity contribution in [2.45, 2.75) is 19.9 Å². The Morgan fingerprint density at radius 3 is 2.85 bits per heavy atom. The van der Waals surface area contributed by atoms with E-state index in [4.69, 9.17) is 10.2 Å². The van der Waals surface area contributed by atoms with E-state index in [0.29, 0.717) is 6.54 Å². The molecule has 0 spiro atoms. The molecule has 0 fully saturated rings. The van der Waals surface area contributed by atoms with Crippen molar-refractivity contribution in [3.8, 4) is 0 Å². The molecule has 0 aliphatic rings. The minimum absolute atomic E-state index is 0.709. The first-order valence-corrected chi connectivity index (χ1v) is 4.81. The molecule has 0 saturated carbocycles. The number of nitrogens with zero attached hydrogens (tertiary/aromatic N) is 1. The van der Waals surface area contributed by atoms with Gasteiger partial charge in [-0.1, -0.05) is 6.92 Å². The van der Waals surface area contributed by atoms with Gasteiger partial charge in [0.05, 0.1) is 12.8 Å². The van der Waals surface area contributed by atoms with Gasteiger partial charge in [-0.25, -0.2) is 0 Å². The Morgan fingerprint density at radius 1 is 1.46 bits per heavy atom. The van der Waals surface area contributed by atoms with Crippen LogP contribution in [-0.2, 0) is 6.54 Å². The first-order valence-electron chi connectivity index (χ1n) is 4.81. The largest absolute Gasteiger partial charge is 0.468 e. The second-order valence-electron chi connectivity index (χ2n) is 3.14. The molecule has 3 nitrogen and oxygen atoms in total. The maximum Gasteiger partial charge on any atom is 0.117 e. The summed E-state index contributed by atoms with van der Waals surface area (Å²) in [6.07, 6.45) is 2.86. The van der Waals surface area contributed by atoms with Crippen molar-refractivity contribution in [3.05, 3.63) is 24.2 Å². The van der Waals surface area contributed by atoms with E-state index >= 15 is 0 Å². The van der Waals surface area contributed by atoms with Crippen LogP contribution in [0.1, 0.15) is 19.1 Å². The summed E-state index contributed by atoms with van der Waals surface area (Å²) in [5, 5.41) is 0. The molecular formula is C10H18N2O. The van der Waals surface area contributed by atoms with Crippen molar-refractivity contribution in [1.29, 1.82) is 0 Å². The van der Waals surface area contributed by atoms with Gasteiger partial charge in [-0.05, 0) is 25.1 Å². The van der Waals surface area contributed by atoms with Gasteiger partial charge in [0.15, 0.2) is 0 Å². The van der Waals surface area contributed by atoms with E-state index in [1.807, 2.05) is 12.1 Å². The van der Waals surface area contributed by atoms with Gasteiger partial charge in [0.2, 0.25) is 0 Å². The summed E-state index contributed by atoms with van der Waals surface area (Å²) >= 11 is 0. The monoisotopic (exact) mass is 182 g/mol. The SMILES string of the molecule is CCCN(CCN)Cc1ccco1. The Balaban J connectivity index is 2.37. The molecule has 2 N–H and O–H groups in total. The summed E-state index contributed by atoms with van der Waals surface area (Å²) in [4.78, 5) is 2.30. The first kappa shape index (κ1) is 10.3. The molecule has 0 amide bonds. The highest BCUT2D eigenvalue weighted by Crippen LogP contribution is 2.05. The minimum Gasteiger partial charge on any atom is -0.468 e. The molecule has 1 aromatic rings. The van der Waals surface area contributed by atoms with Gasteiger partial charge in [-0.2, -0.15) is 0 Å². The third-order valence-electron chi connectivity index (χ3n) is 1.94. The summed E-state index contributed by atoms with van der Waals surface area (Å²) in [5.74, 6) is 1.02. The van der Waals surface area contributed by atoms with Crippen molar-refractivity contribution in [2.75, 3.05) is 19.6 Å². The second-order valence-corrected chi connectivity index (χ2v) is 3.14. The first-order chi connectivity index (χ1) is 6.36. The normalized spacial score (nSPS) is 11.0. The van der Waals surface area contributed by atoms with Gasteiger partial charge in [-0.3, -0.25) is 4.90 Å². The molecule has 0 aromatic carbocycles. The highest BCUT2D eigenvalue weighted by molar-refractivity contribution is 4.97. The van der Waals surface area contributed by atoms with Crippen LogP contribution in [0, 0.1) is 0 Å². The Bertz CT molecular complexity index is 203. The molecule has 0 aliphatic carbocycles. The molecule has 0 radical (unpaired) electrons. The number of hydrogen-bond acceptors (Lipinski definition) is 3. The molecule has 0 saturated heterocycles. The van der Waals surface area contributed by atoms with Gasteiger partial charge in [0, 0.05) is 13.1 Å². The van der Waals surface area contributed by atoms with Crippen molar-refractivity contribution >= 4 is 0 Å². The van der Waals surface area contributed by atoms with E-state index in [0.717, 1.165) is 31.8 Å². The predicted molar refractivity (Wildman–Crippen MR) is 53.3 cm³/mol. The summed E-state index contributed by atoms with van der Waals surface area (Å²) in [5.41, 5.74) is 5.52. The standard InChI is InChI=1S/C10H18N2O/c1-2-6-12(7-5-11)9-10-4-3-8-13-10/h3-4,8H,2,5-7,9,11H2,1H3. The summed E-state index contributed by atoms with van der Waals surface area (Å²) in [7, 11) is 0. The van der Waals surface area contributed by atoms with Crippen LogP contribution in [0.5, 0.6) is 0 Å². The quantitative estimate of drug-likeness (QED) is 0.724. The third-order valence-corrected chi connectivity index (χ3v) is 1.94. The van der Waals surface area contributed by atoms with E-state index in [9.17, 15) is 0 Å². The number of rotatable bonds is 6. The third kappa shape index (κ3) is 3.61. The average molecular weight is 182 g/mol. The zero-order chi connectivity index (χ0) is 9.52. The zero-order valence-electron chi connectivity index (χ0n) is 8.20. The number of nitrogens with two attached hydrogens (primary N) is 1. The Morgan fingerprint density at radius 2 is 2.31 bits per heavy atom. The smallest absolute Gasteiger partial charge is 0.117 e. The molecule has 1 aromatic heterocycles. The van der Waals surface area contributed by atoms with Crippen molar-refractivity contribution in [2.24, 2.45) is 5.73 Å². The lowest BCUT2D eigenvalue weighted by molar-refractivity contribution is 0.250. The minimum atomic E-state index is 0.709. The highest BCUT2D eigenvalue weighted by atomic mass is 16.3. The molecule has 1 heterocycles. The Labute approximate surface area is 79.5 Å². The summed E-state index contributed by atoms with van der Waals surface area (Å²) in [6, 6.07) is 3.92. The maximum atomic E-state index is 5.52. The van der Waals surface area contributed by atoms with E-state index in [1.165, 1.54) is 0 Å². The van der Waals surface area contributed by atoms with E-state index in [-0.39, 0.29) is 0 Å². The molecule has 13 heavy (non-hydrogen) atoms. The van der Waals surface area contributed by atoms with Crippen molar-refractivity contribution in [1.82, 2.24) is 4.90 Å². The molecule has 74 valence electrons. The lowest BCUT2D eigenvalue weighted by Gasteiger charge is -2.18. The fourth-order valence-corrected chi connectivity index (χ4v) is 1.39. The molecule has 0 atom stereocenters. The highest BCUT2D eigenvalue weighted by Gasteiger charge is 2.04. The summed E-state index contributed by atoms with van der Waals surface area (Å²) < 4.78 is 5.27. The van der Waals surface area contributed by atoms with Crippen LogP contribution in [0.25, 0.3) is 0 Å². The second kappa shape index (κ2) is 5.78. The molecule has 1 rings (SSSR count). The van der Waals surface area contributed by atoms with Crippen molar-refractivity contribution in [3.63, 3.8) is 0 Å². The average Bonchev–Trinajstić information content (AvgIpc) is 2.58. The van der Waals surface area contributed by atoms with Crippen LogP contribution in [-0.4, -0.2) is 24.5 Å². The van der Waals surface area contributed by atoms with Gasteiger partial charge in [0.1, 0.15) is 5.76 Å². The predicted octanol–water partition coefficient (Wildman–Crippen LogP) is 1.45. The Hall–Kier alpha value is -0.800. The topological polar surface area (TPSA) is 42.4 Å². The molecule has 3 heteroatoms. The van der Waals surface area contributed by atoms with Crippen molar-refractivity contribution < 1.29 is 4.42 Å².